The number of aliphatic hydroxyl groups is 2. The van der Waals surface area contributed by atoms with Gasteiger partial charge in [0.25, 0.3) is 0 Å². The van der Waals surface area contributed by atoms with Gasteiger partial charge in [-0.25, -0.2) is 12.7 Å². The first-order chi connectivity index (χ1) is 15.9. The highest BCUT2D eigenvalue weighted by Gasteiger charge is 2.50. The molecular weight excluding hydrogens is 436 g/mol. The fourth-order valence-corrected chi connectivity index (χ4v) is 6.60. The maximum Gasteiger partial charge on any atom is 0.218 e. The van der Waals surface area contributed by atoms with E-state index in [-0.39, 0.29) is 30.4 Å². The maximum absolute atomic E-state index is 13.3. The SMILES string of the molecule is C[C@@H](O)C#Cc1ccc([C@@H]2[C@@H](CO)N3CCCCN(S(=O)(=O)Cc4ccccc4)C[C@@H]23)cc1. The summed E-state index contributed by atoms with van der Waals surface area (Å²) < 4.78 is 28.2. The van der Waals surface area contributed by atoms with Crippen LogP contribution in [-0.2, 0) is 15.8 Å². The van der Waals surface area contributed by atoms with Crippen LogP contribution in [0.3, 0.4) is 0 Å². The topological polar surface area (TPSA) is 81.1 Å². The number of sulfonamides is 1. The molecule has 0 aliphatic carbocycles. The molecule has 0 spiro atoms. The summed E-state index contributed by atoms with van der Waals surface area (Å²) >= 11 is 0. The van der Waals surface area contributed by atoms with Crippen molar-refractivity contribution in [2.75, 3.05) is 26.2 Å². The van der Waals surface area contributed by atoms with Crippen molar-refractivity contribution in [1.82, 2.24) is 9.21 Å². The lowest BCUT2D eigenvalue weighted by molar-refractivity contribution is -0.0554. The number of nitrogens with zero attached hydrogens (tertiary/aromatic N) is 2. The zero-order valence-electron chi connectivity index (χ0n) is 19.0. The van der Waals surface area contributed by atoms with Crippen LogP contribution in [0.2, 0.25) is 0 Å². The molecule has 2 aromatic carbocycles. The zero-order valence-corrected chi connectivity index (χ0v) is 19.8. The first-order valence-electron chi connectivity index (χ1n) is 11.6. The Morgan fingerprint density at radius 2 is 1.76 bits per heavy atom. The van der Waals surface area contributed by atoms with E-state index in [1.54, 1.807) is 11.2 Å². The number of hydrogen-bond acceptors (Lipinski definition) is 5. The van der Waals surface area contributed by atoms with E-state index in [4.69, 9.17) is 0 Å². The van der Waals surface area contributed by atoms with Gasteiger partial charge in [0, 0.05) is 36.7 Å². The molecule has 0 aromatic heterocycles. The lowest BCUT2D eigenvalue weighted by Crippen LogP contribution is -2.67. The fraction of sp³-hybridized carbons (Fsp3) is 0.462. The molecular formula is C26H32N2O4S. The molecule has 2 aromatic rings. The van der Waals surface area contributed by atoms with Crippen molar-refractivity contribution >= 4 is 10.0 Å². The quantitative estimate of drug-likeness (QED) is 0.658. The third-order valence-corrected chi connectivity index (χ3v) is 8.46. The maximum atomic E-state index is 13.3. The molecule has 6 nitrogen and oxygen atoms in total. The lowest BCUT2D eigenvalue weighted by atomic mass is 9.74. The Morgan fingerprint density at radius 3 is 2.42 bits per heavy atom. The van der Waals surface area contributed by atoms with Crippen LogP contribution in [0.15, 0.2) is 54.6 Å². The van der Waals surface area contributed by atoms with Crippen LogP contribution in [0.5, 0.6) is 0 Å². The van der Waals surface area contributed by atoms with Crippen LogP contribution in [0.4, 0.5) is 0 Å². The van der Waals surface area contributed by atoms with Crippen molar-refractivity contribution in [2.45, 2.75) is 49.6 Å². The van der Waals surface area contributed by atoms with Gasteiger partial charge >= 0.3 is 0 Å². The Bertz CT molecular complexity index is 1090. The minimum atomic E-state index is -3.45. The summed E-state index contributed by atoms with van der Waals surface area (Å²) in [5, 5.41) is 19.5. The van der Waals surface area contributed by atoms with Gasteiger partial charge in [0.05, 0.1) is 12.4 Å². The van der Waals surface area contributed by atoms with Crippen LogP contribution in [0, 0.1) is 11.8 Å². The molecule has 176 valence electrons. The Kier molecular flexibility index (Phi) is 7.52. The highest BCUT2D eigenvalue weighted by molar-refractivity contribution is 7.88. The van der Waals surface area contributed by atoms with E-state index >= 15 is 0 Å². The first-order valence-corrected chi connectivity index (χ1v) is 13.2. The molecule has 0 unspecified atom stereocenters. The second kappa shape index (κ2) is 10.4. The molecule has 33 heavy (non-hydrogen) atoms. The molecule has 0 amide bonds. The van der Waals surface area contributed by atoms with Crippen molar-refractivity contribution in [3.63, 3.8) is 0 Å². The van der Waals surface area contributed by atoms with Crippen LogP contribution in [0.25, 0.3) is 0 Å². The summed E-state index contributed by atoms with van der Waals surface area (Å²) in [6.07, 6.45) is 1.05. The van der Waals surface area contributed by atoms with Gasteiger partial charge in [-0.15, -0.1) is 0 Å². The normalized spacial score (nSPS) is 25.0. The second-order valence-electron chi connectivity index (χ2n) is 8.96. The van der Waals surface area contributed by atoms with Crippen molar-refractivity contribution in [3.05, 3.63) is 71.3 Å². The van der Waals surface area contributed by atoms with Gasteiger partial charge in [-0.05, 0) is 49.6 Å². The Labute approximate surface area is 196 Å². The Balaban J connectivity index is 1.55. The van der Waals surface area contributed by atoms with E-state index in [0.717, 1.165) is 36.1 Å². The van der Waals surface area contributed by atoms with Gasteiger partial charge < -0.3 is 10.2 Å². The van der Waals surface area contributed by atoms with E-state index in [2.05, 4.69) is 16.7 Å². The van der Waals surface area contributed by atoms with Crippen molar-refractivity contribution < 1.29 is 18.6 Å². The molecule has 2 aliphatic rings. The number of hydrogen-bond donors (Lipinski definition) is 2. The van der Waals surface area contributed by atoms with Crippen LogP contribution < -0.4 is 0 Å². The minimum Gasteiger partial charge on any atom is -0.395 e. The highest BCUT2D eigenvalue weighted by atomic mass is 32.2. The van der Waals surface area contributed by atoms with E-state index in [1.165, 1.54) is 0 Å². The van der Waals surface area contributed by atoms with Gasteiger partial charge in [-0.1, -0.05) is 54.3 Å². The smallest absolute Gasteiger partial charge is 0.218 e. The molecule has 2 N–H and O–H groups in total. The molecule has 0 bridgehead atoms. The molecule has 2 saturated heterocycles. The molecule has 4 rings (SSSR count). The zero-order chi connectivity index (χ0) is 23.4. The minimum absolute atomic E-state index is 0.00526. The number of aliphatic hydroxyl groups excluding tert-OH is 2. The predicted octanol–water partition coefficient (Wildman–Crippen LogP) is 2.17. The van der Waals surface area contributed by atoms with E-state index < -0.39 is 16.1 Å². The summed E-state index contributed by atoms with van der Waals surface area (Å²) in [6.45, 7) is 3.50. The van der Waals surface area contributed by atoms with Crippen LogP contribution in [0.1, 0.15) is 42.4 Å². The monoisotopic (exact) mass is 468 g/mol. The van der Waals surface area contributed by atoms with Crippen molar-refractivity contribution in [3.8, 4) is 11.8 Å². The van der Waals surface area contributed by atoms with Gasteiger partial charge in [-0.2, -0.15) is 0 Å². The lowest BCUT2D eigenvalue weighted by Gasteiger charge is -2.57. The van der Waals surface area contributed by atoms with E-state index in [9.17, 15) is 18.6 Å². The first kappa shape index (κ1) is 23.9. The Hall–Kier alpha value is -2.21. The summed E-state index contributed by atoms with van der Waals surface area (Å²) in [5.74, 6) is 5.76. The van der Waals surface area contributed by atoms with Gasteiger partial charge in [-0.3, -0.25) is 4.90 Å². The van der Waals surface area contributed by atoms with Crippen LogP contribution in [-0.4, -0.2) is 72.3 Å². The van der Waals surface area contributed by atoms with E-state index in [1.807, 2.05) is 54.6 Å². The molecule has 4 atom stereocenters. The molecule has 2 aliphatic heterocycles. The molecule has 0 radical (unpaired) electrons. The number of rotatable bonds is 5. The summed E-state index contributed by atoms with van der Waals surface area (Å²) in [7, 11) is -3.45. The van der Waals surface area contributed by atoms with Gasteiger partial charge in [0.1, 0.15) is 6.10 Å². The average molecular weight is 469 g/mol. The highest BCUT2D eigenvalue weighted by Crippen LogP contribution is 2.42. The molecule has 7 heteroatoms. The number of benzene rings is 2. The summed E-state index contributed by atoms with van der Waals surface area (Å²) in [5.41, 5.74) is 2.70. The van der Waals surface area contributed by atoms with Gasteiger partial charge in [0.15, 0.2) is 0 Å². The standard InChI is InChI=1S/C26H32N2O4S/c1-20(30)9-10-21-11-13-23(14-12-21)26-24-17-27(15-5-6-16-28(24)25(26)18-29)33(31,32)19-22-7-3-2-4-8-22/h2-4,7-8,11-14,20,24-26,29-30H,5-6,15-19H2,1H3/t20-,24+,25-,26+/m1/s1. The van der Waals surface area contributed by atoms with Gasteiger partial charge in [0.2, 0.25) is 10.0 Å². The average Bonchev–Trinajstić information content (AvgIpc) is 2.77. The Morgan fingerprint density at radius 1 is 1.06 bits per heavy atom. The van der Waals surface area contributed by atoms with Crippen LogP contribution >= 0.6 is 0 Å². The summed E-state index contributed by atoms with van der Waals surface area (Å²) in [6, 6.07) is 17.2. The second-order valence-corrected chi connectivity index (χ2v) is 10.9. The predicted molar refractivity (Wildman–Crippen MR) is 129 cm³/mol. The van der Waals surface area contributed by atoms with Crippen molar-refractivity contribution in [1.29, 1.82) is 0 Å². The van der Waals surface area contributed by atoms with Crippen molar-refractivity contribution in [2.24, 2.45) is 0 Å². The molecule has 2 heterocycles. The largest absolute Gasteiger partial charge is 0.395 e. The third kappa shape index (κ3) is 5.48. The fourth-order valence-electron chi connectivity index (χ4n) is 5.01. The third-order valence-electron chi connectivity index (χ3n) is 6.64. The molecule has 0 saturated carbocycles. The molecule has 2 fully saturated rings. The summed E-state index contributed by atoms with van der Waals surface area (Å²) in [4.78, 5) is 2.27. The van der Waals surface area contributed by atoms with E-state index in [0.29, 0.717) is 13.1 Å². The number of fused-ring (bicyclic) bond motifs is 1.